The number of amides is 1. The Balaban J connectivity index is 1.47. The van der Waals surface area contributed by atoms with E-state index in [-0.39, 0.29) is 36.2 Å². The van der Waals surface area contributed by atoms with Gasteiger partial charge < -0.3 is 11.1 Å². The van der Waals surface area contributed by atoms with E-state index in [0.29, 0.717) is 0 Å². The van der Waals surface area contributed by atoms with Gasteiger partial charge in [0, 0.05) is 29.6 Å². The minimum absolute atomic E-state index is 0.0237. The summed E-state index contributed by atoms with van der Waals surface area (Å²) >= 11 is 0. The van der Waals surface area contributed by atoms with Crippen molar-refractivity contribution in [2.75, 3.05) is 0 Å². The van der Waals surface area contributed by atoms with Crippen LogP contribution in [0.1, 0.15) is 73.7 Å². The second kappa shape index (κ2) is 10.4. The molecule has 184 valence electrons. The van der Waals surface area contributed by atoms with Crippen molar-refractivity contribution in [3.05, 3.63) is 59.8 Å². The van der Waals surface area contributed by atoms with Gasteiger partial charge >= 0.3 is 0 Å². The molecule has 2 fully saturated rings. The van der Waals surface area contributed by atoms with E-state index >= 15 is 0 Å². The van der Waals surface area contributed by atoms with E-state index in [1.807, 2.05) is 10.8 Å². The molecule has 0 radical (unpaired) electrons. The molecular formula is C30H37N3O2. The number of hydrogen-bond donors (Lipinski definition) is 2. The van der Waals surface area contributed by atoms with Crippen LogP contribution in [0.25, 0.3) is 22.0 Å². The predicted molar refractivity (Wildman–Crippen MR) is 141 cm³/mol. The largest absolute Gasteiger partial charge is 0.353 e. The molecule has 2 aromatic carbocycles. The summed E-state index contributed by atoms with van der Waals surface area (Å²) in [6, 6.07) is 15.2. The van der Waals surface area contributed by atoms with E-state index in [1.54, 1.807) is 0 Å². The molecule has 0 spiro atoms. The molecule has 3 aromatic rings. The summed E-state index contributed by atoms with van der Waals surface area (Å²) in [5.41, 5.74) is 11.3. The van der Waals surface area contributed by atoms with Gasteiger partial charge in [0.1, 0.15) is 0 Å². The third-order valence-electron chi connectivity index (χ3n) is 7.92. The van der Waals surface area contributed by atoms with Gasteiger partial charge in [-0.2, -0.15) is 0 Å². The first-order chi connectivity index (χ1) is 17.0. The summed E-state index contributed by atoms with van der Waals surface area (Å²) < 4.78 is 1.83. The van der Waals surface area contributed by atoms with E-state index in [4.69, 9.17) is 5.73 Å². The number of hydrogen-bond acceptors (Lipinski definition) is 3. The molecule has 2 aliphatic carbocycles. The van der Waals surface area contributed by atoms with Gasteiger partial charge in [0.2, 0.25) is 11.8 Å². The Morgan fingerprint density at radius 3 is 2.43 bits per heavy atom. The highest BCUT2D eigenvalue weighted by Crippen LogP contribution is 2.32. The molecule has 5 nitrogen and oxygen atoms in total. The highest BCUT2D eigenvalue weighted by atomic mass is 16.2. The Labute approximate surface area is 208 Å². The van der Waals surface area contributed by atoms with Crippen molar-refractivity contribution in [3.63, 3.8) is 0 Å². The molecule has 1 amide bonds. The molecule has 0 bridgehead atoms. The molecule has 5 heteroatoms. The van der Waals surface area contributed by atoms with Crippen LogP contribution < -0.4 is 11.1 Å². The van der Waals surface area contributed by atoms with Gasteiger partial charge in [0.15, 0.2) is 0 Å². The molecule has 0 aliphatic heterocycles. The standard InChI is InChI=1S/C30H37N3O2/c1-20-6-5-9-22(16-20)23-10-15-28-27(17-23)24(18-29(34)32-26-13-11-25(31)12-14-26)19-33(28)30(35)21-7-3-2-4-8-21/h5-6,9-10,15-17,19,21,25-26H,2-4,7-8,11-14,18,31H2,1H3,(H,32,34)/t25-,26-. The number of nitrogens with two attached hydrogens (primary N) is 1. The van der Waals surface area contributed by atoms with Crippen LogP contribution in [0.2, 0.25) is 0 Å². The van der Waals surface area contributed by atoms with E-state index in [2.05, 4.69) is 54.7 Å². The second-order valence-electron chi connectivity index (χ2n) is 10.7. The number of benzene rings is 2. The maximum Gasteiger partial charge on any atom is 0.234 e. The molecule has 1 heterocycles. The highest BCUT2D eigenvalue weighted by molar-refractivity contribution is 5.99. The van der Waals surface area contributed by atoms with Gasteiger partial charge in [-0.25, -0.2) is 0 Å². The lowest BCUT2D eigenvalue weighted by Crippen LogP contribution is -2.41. The third-order valence-corrected chi connectivity index (χ3v) is 7.92. The second-order valence-corrected chi connectivity index (χ2v) is 10.7. The zero-order chi connectivity index (χ0) is 24.4. The topological polar surface area (TPSA) is 77.1 Å². The molecule has 1 aromatic heterocycles. The van der Waals surface area contributed by atoms with Crippen molar-refractivity contribution in [1.82, 2.24) is 9.88 Å². The number of aryl methyl sites for hydroxylation is 1. The van der Waals surface area contributed by atoms with Gasteiger partial charge in [0.25, 0.3) is 0 Å². The number of fused-ring (bicyclic) bond motifs is 1. The predicted octanol–water partition coefficient (Wildman–Crippen LogP) is 5.77. The minimum Gasteiger partial charge on any atom is -0.353 e. The summed E-state index contributed by atoms with van der Waals surface area (Å²) in [4.78, 5) is 26.6. The monoisotopic (exact) mass is 471 g/mol. The average Bonchev–Trinajstić information content (AvgIpc) is 3.23. The summed E-state index contributed by atoms with van der Waals surface area (Å²) in [7, 11) is 0. The Hall–Kier alpha value is -2.92. The molecule has 5 rings (SSSR count). The van der Waals surface area contributed by atoms with Crippen LogP contribution in [0.4, 0.5) is 0 Å². The van der Waals surface area contributed by atoms with Crippen LogP contribution >= 0.6 is 0 Å². The number of nitrogens with zero attached hydrogens (tertiary/aromatic N) is 1. The fourth-order valence-electron chi connectivity index (χ4n) is 5.89. The molecule has 3 N–H and O–H groups in total. The number of carbonyl (C=O) groups is 2. The number of nitrogens with one attached hydrogen (secondary N) is 1. The molecule has 2 saturated carbocycles. The molecular weight excluding hydrogens is 434 g/mol. The van der Waals surface area contributed by atoms with E-state index < -0.39 is 0 Å². The van der Waals surface area contributed by atoms with Crippen LogP contribution in [0.3, 0.4) is 0 Å². The number of aromatic nitrogens is 1. The third kappa shape index (κ3) is 5.35. The van der Waals surface area contributed by atoms with Crippen molar-refractivity contribution in [1.29, 1.82) is 0 Å². The Bertz CT molecular complexity index is 1210. The lowest BCUT2D eigenvalue weighted by Gasteiger charge is -2.26. The summed E-state index contributed by atoms with van der Waals surface area (Å²) in [5, 5.41) is 4.21. The minimum atomic E-state index is 0.0237. The van der Waals surface area contributed by atoms with Crippen LogP contribution in [0, 0.1) is 12.8 Å². The molecule has 35 heavy (non-hydrogen) atoms. The van der Waals surface area contributed by atoms with E-state index in [0.717, 1.165) is 79.0 Å². The molecule has 0 atom stereocenters. The number of carbonyl (C=O) groups excluding carboxylic acids is 2. The maximum atomic E-state index is 13.5. The van der Waals surface area contributed by atoms with Gasteiger partial charge in [0.05, 0.1) is 11.9 Å². The summed E-state index contributed by atoms with van der Waals surface area (Å²) in [5.74, 6) is 0.269. The van der Waals surface area contributed by atoms with Gasteiger partial charge in [-0.1, -0.05) is 55.2 Å². The zero-order valence-electron chi connectivity index (χ0n) is 20.8. The van der Waals surface area contributed by atoms with Crippen LogP contribution in [-0.4, -0.2) is 28.5 Å². The summed E-state index contributed by atoms with van der Waals surface area (Å²) in [6.45, 7) is 2.09. The zero-order valence-corrected chi connectivity index (χ0v) is 20.8. The average molecular weight is 472 g/mol. The highest BCUT2D eigenvalue weighted by Gasteiger charge is 2.26. The Morgan fingerprint density at radius 2 is 1.69 bits per heavy atom. The van der Waals surface area contributed by atoms with Crippen molar-refractivity contribution >= 4 is 22.7 Å². The Morgan fingerprint density at radius 1 is 0.943 bits per heavy atom. The van der Waals surface area contributed by atoms with Crippen LogP contribution in [0.15, 0.2) is 48.7 Å². The smallest absolute Gasteiger partial charge is 0.234 e. The van der Waals surface area contributed by atoms with E-state index in [9.17, 15) is 9.59 Å². The lowest BCUT2D eigenvalue weighted by atomic mass is 9.88. The van der Waals surface area contributed by atoms with Crippen molar-refractivity contribution in [2.24, 2.45) is 11.7 Å². The normalized spacial score (nSPS) is 21.2. The van der Waals surface area contributed by atoms with Gasteiger partial charge in [-0.05, 0) is 74.3 Å². The SMILES string of the molecule is Cc1cccc(-c2ccc3c(c2)c(CC(=O)N[C@H]2CC[C@H](N)CC2)cn3C(=O)C2CCCCC2)c1. The summed E-state index contributed by atoms with van der Waals surface area (Å²) in [6.07, 6.45) is 11.4. The van der Waals surface area contributed by atoms with Gasteiger partial charge in [-0.3, -0.25) is 14.2 Å². The molecule has 0 unspecified atom stereocenters. The van der Waals surface area contributed by atoms with Crippen molar-refractivity contribution in [3.8, 4) is 11.1 Å². The van der Waals surface area contributed by atoms with Crippen LogP contribution in [0.5, 0.6) is 0 Å². The quantitative estimate of drug-likeness (QED) is 0.496. The first-order valence-electron chi connectivity index (χ1n) is 13.3. The van der Waals surface area contributed by atoms with Gasteiger partial charge in [-0.15, -0.1) is 0 Å². The lowest BCUT2D eigenvalue weighted by molar-refractivity contribution is -0.121. The van der Waals surface area contributed by atoms with Crippen molar-refractivity contribution in [2.45, 2.75) is 83.2 Å². The first kappa shape index (κ1) is 23.8. The fourth-order valence-corrected chi connectivity index (χ4v) is 5.89. The maximum absolute atomic E-state index is 13.5. The fraction of sp³-hybridized carbons (Fsp3) is 0.467. The molecule has 0 saturated heterocycles. The van der Waals surface area contributed by atoms with E-state index in [1.165, 1.54) is 12.0 Å². The Kier molecular flexibility index (Phi) is 7.05. The number of rotatable bonds is 5. The van der Waals surface area contributed by atoms with Crippen LogP contribution in [-0.2, 0) is 11.2 Å². The molecule has 2 aliphatic rings. The first-order valence-corrected chi connectivity index (χ1v) is 13.3. The van der Waals surface area contributed by atoms with Crippen molar-refractivity contribution < 1.29 is 9.59 Å².